The third kappa shape index (κ3) is 4.97. The van der Waals surface area contributed by atoms with Gasteiger partial charge in [-0.1, -0.05) is 29.3 Å². The lowest BCUT2D eigenvalue weighted by Crippen LogP contribution is -2.36. The van der Waals surface area contributed by atoms with Gasteiger partial charge in [-0.25, -0.2) is 0 Å². The first kappa shape index (κ1) is 14.3. The molecular weight excluding hydrogens is 255 g/mol. The summed E-state index contributed by atoms with van der Waals surface area (Å²) in [6.07, 6.45) is 2.57. The van der Waals surface area contributed by atoms with Gasteiger partial charge >= 0.3 is 0 Å². The van der Waals surface area contributed by atoms with Crippen molar-refractivity contribution in [2.24, 2.45) is 5.84 Å². The standard InChI is InChI=1S/C13H16Cl2N2/c1-2-3-4-5-11(17-16)8-10-6-7-12(14)13(15)9-10/h6-7,9,11,17H,4-5,8,16H2,1H3. The first-order valence-electron chi connectivity index (χ1n) is 5.47. The van der Waals surface area contributed by atoms with E-state index in [0.29, 0.717) is 10.0 Å². The summed E-state index contributed by atoms with van der Waals surface area (Å²) in [5, 5.41) is 1.15. The molecule has 1 unspecified atom stereocenters. The normalized spacial score (nSPS) is 11.8. The van der Waals surface area contributed by atoms with Gasteiger partial charge in [0.15, 0.2) is 0 Å². The van der Waals surface area contributed by atoms with Crippen LogP contribution in [0.4, 0.5) is 0 Å². The van der Waals surface area contributed by atoms with Crippen LogP contribution in [0.5, 0.6) is 0 Å². The van der Waals surface area contributed by atoms with Gasteiger partial charge < -0.3 is 0 Å². The van der Waals surface area contributed by atoms with E-state index < -0.39 is 0 Å². The molecule has 0 spiro atoms. The monoisotopic (exact) mass is 270 g/mol. The molecule has 0 fully saturated rings. The lowest BCUT2D eigenvalue weighted by Gasteiger charge is -2.14. The summed E-state index contributed by atoms with van der Waals surface area (Å²) in [6.45, 7) is 1.84. The molecule has 0 aliphatic carbocycles. The molecule has 17 heavy (non-hydrogen) atoms. The molecule has 1 rings (SSSR count). The van der Waals surface area contributed by atoms with Crippen LogP contribution in [0, 0.1) is 11.8 Å². The van der Waals surface area contributed by atoms with E-state index in [-0.39, 0.29) is 6.04 Å². The number of hydrazine groups is 1. The van der Waals surface area contributed by atoms with Crippen molar-refractivity contribution in [3.8, 4) is 11.8 Å². The van der Waals surface area contributed by atoms with Gasteiger partial charge in [-0.05, 0) is 37.5 Å². The quantitative estimate of drug-likeness (QED) is 0.490. The summed E-state index contributed by atoms with van der Waals surface area (Å²) in [6, 6.07) is 5.84. The SMILES string of the molecule is CC#CCCC(Cc1ccc(Cl)c(Cl)c1)NN. The highest BCUT2D eigenvalue weighted by atomic mass is 35.5. The van der Waals surface area contributed by atoms with Gasteiger partial charge in [-0.15, -0.1) is 11.8 Å². The average Bonchev–Trinajstić information content (AvgIpc) is 2.32. The summed E-state index contributed by atoms with van der Waals surface area (Å²) < 4.78 is 0. The fraction of sp³-hybridized carbons (Fsp3) is 0.385. The van der Waals surface area contributed by atoms with Crippen LogP contribution in [0.15, 0.2) is 18.2 Å². The van der Waals surface area contributed by atoms with Gasteiger partial charge in [0.25, 0.3) is 0 Å². The van der Waals surface area contributed by atoms with Gasteiger partial charge in [-0.2, -0.15) is 0 Å². The predicted molar refractivity (Wildman–Crippen MR) is 74.0 cm³/mol. The molecule has 0 radical (unpaired) electrons. The van der Waals surface area contributed by atoms with Gasteiger partial charge in [0.2, 0.25) is 0 Å². The van der Waals surface area contributed by atoms with Crippen LogP contribution < -0.4 is 11.3 Å². The van der Waals surface area contributed by atoms with Crippen molar-refractivity contribution in [3.63, 3.8) is 0 Å². The van der Waals surface area contributed by atoms with E-state index in [4.69, 9.17) is 29.0 Å². The minimum absolute atomic E-state index is 0.202. The molecule has 0 aliphatic heterocycles. The maximum Gasteiger partial charge on any atom is 0.0595 e. The molecule has 0 saturated heterocycles. The zero-order valence-corrected chi connectivity index (χ0v) is 11.3. The summed E-state index contributed by atoms with van der Waals surface area (Å²) >= 11 is 11.8. The number of rotatable bonds is 5. The van der Waals surface area contributed by atoms with Gasteiger partial charge in [0.1, 0.15) is 0 Å². The molecule has 0 amide bonds. The van der Waals surface area contributed by atoms with Crippen molar-refractivity contribution in [3.05, 3.63) is 33.8 Å². The second kappa shape index (κ2) is 7.58. The molecule has 1 aromatic rings. The third-order valence-corrected chi connectivity index (χ3v) is 3.24. The van der Waals surface area contributed by atoms with E-state index in [9.17, 15) is 0 Å². The Bertz CT molecular complexity index is 421. The second-order valence-corrected chi connectivity index (χ2v) is 4.60. The first-order chi connectivity index (χ1) is 8.17. The summed E-state index contributed by atoms with van der Waals surface area (Å²) in [5.41, 5.74) is 3.92. The molecule has 0 saturated carbocycles. The van der Waals surface area contributed by atoms with Gasteiger partial charge in [0, 0.05) is 12.5 Å². The van der Waals surface area contributed by atoms with Crippen LogP contribution in [0.1, 0.15) is 25.3 Å². The summed E-state index contributed by atoms with van der Waals surface area (Å²) in [7, 11) is 0. The minimum atomic E-state index is 0.202. The maximum absolute atomic E-state index is 5.96. The van der Waals surface area contributed by atoms with Crippen LogP contribution in [-0.2, 0) is 6.42 Å². The first-order valence-corrected chi connectivity index (χ1v) is 6.22. The van der Waals surface area contributed by atoms with Crippen LogP contribution in [0.25, 0.3) is 0 Å². The second-order valence-electron chi connectivity index (χ2n) is 3.78. The topological polar surface area (TPSA) is 38.0 Å². The van der Waals surface area contributed by atoms with Crippen LogP contribution in [0.2, 0.25) is 10.0 Å². The highest BCUT2D eigenvalue weighted by molar-refractivity contribution is 6.42. The van der Waals surface area contributed by atoms with Crippen LogP contribution in [-0.4, -0.2) is 6.04 Å². The number of benzene rings is 1. The molecular formula is C13H16Cl2N2. The molecule has 1 atom stereocenters. The minimum Gasteiger partial charge on any atom is -0.271 e. The number of nitrogens with one attached hydrogen (secondary N) is 1. The summed E-state index contributed by atoms with van der Waals surface area (Å²) in [4.78, 5) is 0. The predicted octanol–water partition coefficient (Wildman–Crippen LogP) is 3.17. The number of halogens is 2. The molecule has 0 aliphatic rings. The molecule has 0 heterocycles. The van der Waals surface area contributed by atoms with E-state index in [2.05, 4.69) is 17.3 Å². The van der Waals surface area contributed by atoms with E-state index in [1.54, 1.807) is 6.07 Å². The van der Waals surface area contributed by atoms with Crippen LogP contribution >= 0.6 is 23.2 Å². The van der Waals surface area contributed by atoms with Crippen molar-refractivity contribution in [2.75, 3.05) is 0 Å². The lowest BCUT2D eigenvalue weighted by atomic mass is 10.0. The Morgan fingerprint density at radius 1 is 1.35 bits per heavy atom. The number of hydrogen-bond donors (Lipinski definition) is 2. The Kier molecular flexibility index (Phi) is 6.39. The molecule has 2 nitrogen and oxygen atoms in total. The summed E-state index contributed by atoms with van der Waals surface area (Å²) in [5.74, 6) is 11.4. The van der Waals surface area contributed by atoms with E-state index in [1.807, 2.05) is 19.1 Å². The van der Waals surface area contributed by atoms with Crippen molar-refractivity contribution < 1.29 is 0 Å². The Morgan fingerprint density at radius 2 is 2.12 bits per heavy atom. The molecule has 3 N–H and O–H groups in total. The smallest absolute Gasteiger partial charge is 0.0595 e. The van der Waals surface area contributed by atoms with Crippen molar-refractivity contribution in [1.29, 1.82) is 0 Å². The fourth-order valence-electron chi connectivity index (χ4n) is 1.57. The van der Waals surface area contributed by atoms with E-state index in [1.165, 1.54) is 0 Å². The molecule has 92 valence electrons. The largest absolute Gasteiger partial charge is 0.271 e. The van der Waals surface area contributed by atoms with Crippen LogP contribution in [0.3, 0.4) is 0 Å². The average molecular weight is 271 g/mol. The zero-order chi connectivity index (χ0) is 12.7. The van der Waals surface area contributed by atoms with Crippen molar-refractivity contribution in [2.45, 2.75) is 32.2 Å². The van der Waals surface area contributed by atoms with Gasteiger partial charge in [-0.3, -0.25) is 11.3 Å². The van der Waals surface area contributed by atoms with E-state index >= 15 is 0 Å². The van der Waals surface area contributed by atoms with Gasteiger partial charge in [0.05, 0.1) is 10.0 Å². The Morgan fingerprint density at radius 3 is 2.71 bits per heavy atom. The Labute approximate surface area is 112 Å². The molecule has 0 aromatic heterocycles. The molecule has 1 aromatic carbocycles. The van der Waals surface area contributed by atoms with Crippen molar-refractivity contribution in [1.82, 2.24) is 5.43 Å². The highest BCUT2D eigenvalue weighted by Gasteiger charge is 2.08. The number of hydrogen-bond acceptors (Lipinski definition) is 2. The zero-order valence-electron chi connectivity index (χ0n) is 9.76. The highest BCUT2D eigenvalue weighted by Crippen LogP contribution is 2.23. The van der Waals surface area contributed by atoms with Crippen molar-refractivity contribution >= 4 is 23.2 Å². The fourth-order valence-corrected chi connectivity index (χ4v) is 1.89. The Balaban J connectivity index is 2.59. The molecule has 0 bridgehead atoms. The Hall–Kier alpha value is -0.720. The third-order valence-electron chi connectivity index (χ3n) is 2.50. The lowest BCUT2D eigenvalue weighted by molar-refractivity contribution is 0.498. The number of nitrogens with two attached hydrogens (primary N) is 1. The molecule has 4 heteroatoms. The van der Waals surface area contributed by atoms with E-state index in [0.717, 1.165) is 24.8 Å². The maximum atomic E-state index is 5.96.